The van der Waals surface area contributed by atoms with E-state index in [1.54, 1.807) is 11.1 Å². The molecule has 2 aliphatic heterocycles. The number of nitrogens with zero attached hydrogens (tertiary/aromatic N) is 5. The van der Waals surface area contributed by atoms with Crippen LogP contribution in [-0.4, -0.2) is 66.3 Å². The van der Waals surface area contributed by atoms with E-state index in [4.69, 9.17) is 0 Å². The first kappa shape index (κ1) is 18.1. The van der Waals surface area contributed by atoms with Crippen LogP contribution in [0.5, 0.6) is 0 Å². The highest BCUT2D eigenvalue weighted by atomic mass is 16.2. The SMILES string of the molecule is CN(C)c1nc(N2CCCCC2)ncc1NC(=O)CN1C(=O)CCC1=O. The molecule has 9 heteroatoms. The van der Waals surface area contributed by atoms with Crippen LogP contribution < -0.4 is 15.1 Å². The highest BCUT2D eigenvalue weighted by Gasteiger charge is 2.30. The lowest BCUT2D eigenvalue weighted by molar-refractivity contribution is -0.141. The number of carbonyl (C=O) groups is 3. The number of likely N-dealkylation sites (tertiary alicyclic amines) is 1. The predicted octanol–water partition coefficient (Wildman–Crippen LogP) is 0.620. The molecule has 3 heterocycles. The molecule has 0 saturated carbocycles. The minimum Gasteiger partial charge on any atom is -0.361 e. The number of rotatable bonds is 5. The van der Waals surface area contributed by atoms with Gasteiger partial charge in [-0.2, -0.15) is 4.98 Å². The van der Waals surface area contributed by atoms with E-state index < -0.39 is 5.91 Å². The summed E-state index contributed by atoms with van der Waals surface area (Å²) >= 11 is 0. The number of aromatic nitrogens is 2. The third kappa shape index (κ3) is 3.92. The predicted molar refractivity (Wildman–Crippen MR) is 97.0 cm³/mol. The number of hydrogen-bond acceptors (Lipinski definition) is 7. The monoisotopic (exact) mass is 360 g/mol. The molecule has 3 amide bonds. The molecule has 2 fully saturated rings. The first-order chi connectivity index (χ1) is 12.5. The molecular formula is C17H24N6O3. The van der Waals surface area contributed by atoms with Gasteiger partial charge in [-0.05, 0) is 19.3 Å². The van der Waals surface area contributed by atoms with Crippen LogP contribution >= 0.6 is 0 Å². The van der Waals surface area contributed by atoms with E-state index >= 15 is 0 Å². The van der Waals surface area contributed by atoms with Gasteiger partial charge in [-0.25, -0.2) is 4.98 Å². The minimum absolute atomic E-state index is 0.169. The van der Waals surface area contributed by atoms with Crippen molar-refractivity contribution in [1.29, 1.82) is 0 Å². The highest BCUT2D eigenvalue weighted by molar-refractivity contribution is 6.06. The number of anilines is 3. The smallest absolute Gasteiger partial charge is 0.244 e. The van der Waals surface area contributed by atoms with Crippen molar-refractivity contribution in [3.63, 3.8) is 0 Å². The van der Waals surface area contributed by atoms with E-state index in [0.717, 1.165) is 30.8 Å². The molecule has 26 heavy (non-hydrogen) atoms. The number of imide groups is 1. The Labute approximate surface area is 152 Å². The van der Waals surface area contributed by atoms with Crippen molar-refractivity contribution < 1.29 is 14.4 Å². The molecule has 9 nitrogen and oxygen atoms in total. The Balaban J connectivity index is 1.73. The van der Waals surface area contributed by atoms with Gasteiger partial charge in [0.25, 0.3) is 0 Å². The Morgan fingerprint density at radius 3 is 2.42 bits per heavy atom. The van der Waals surface area contributed by atoms with Crippen LogP contribution in [0.3, 0.4) is 0 Å². The standard InChI is InChI=1S/C17H24N6O3/c1-21(2)16-12(10-18-17(20-16)22-8-4-3-5-9-22)19-13(24)11-23-14(25)6-7-15(23)26/h10H,3-9,11H2,1-2H3,(H,19,24). The summed E-state index contributed by atoms with van der Waals surface area (Å²) in [6.45, 7) is 1.58. The molecule has 140 valence electrons. The van der Waals surface area contributed by atoms with Crippen molar-refractivity contribution in [2.45, 2.75) is 32.1 Å². The largest absolute Gasteiger partial charge is 0.361 e. The summed E-state index contributed by atoms with van der Waals surface area (Å²) in [5.41, 5.74) is 0.458. The van der Waals surface area contributed by atoms with Gasteiger partial charge < -0.3 is 15.1 Å². The van der Waals surface area contributed by atoms with Gasteiger partial charge in [0.1, 0.15) is 12.2 Å². The Morgan fingerprint density at radius 1 is 1.15 bits per heavy atom. The third-order valence-corrected chi connectivity index (χ3v) is 4.55. The molecule has 3 rings (SSSR count). The number of hydrogen-bond donors (Lipinski definition) is 1. The van der Waals surface area contributed by atoms with Gasteiger partial charge in [0, 0.05) is 40.0 Å². The molecule has 0 spiro atoms. The number of amides is 3. The molecule has 0 aromatic carbocycles. The van der Waals surface area contributed by atoms with E-state index in [9.17, 15) is 14.4 Å². The molecule has 1 N–H and O–H groups in total. The van der Waals surface area contributed by atoms with Gasteiger partial charge in [0.15, 0.2) is 5.82 Å². The molecule has 2 aliphatic rings. The zero-order valence-electron chi connectivity index (χ0n) is 15.2. The Morgan fingerprint density at radius 2 is 1.81 bits per heavy atom. The summed E-state index contributed by atoms with van der Waals surface area (Å²) in [6, 6.07) is 0. The van der Waals surface area contributed by atoms with Crippen LogP contribution in [0.15, 0.2) is 6.20 Å². The van der Waals surface area contributed by atoms with Crippen LogP contribution in [0.25, 0.3) is 0 Å². The lowest BCUT2D eigenvalue weighted by Crippen LogP contribution is -2.37. The number of carbonyl (C=O) groups excluding carboxylic acids is 3. The van der Waals surface area contributed by atoms with Crippen molar-refractivity contribution in [2.75, 3.05) is 48.8 Å². The normalized spacial score (nSPS) is 17.6. The molecule has 0 atom stereocenters. The zero-order chi connectivity index (χ0) is 18.7. The number of nitrogens with one attached hydrogen (secondary N) is 1. The second-order valence-electron chi connectivity index (χ2n) is 6.77. The molecule has 1 aromatic heterocycles. The summed E-state index contributed by atoms with van der Waals surface area (Å²) in [5, 5.41) is 2.72. The zero-order valence-corrected chi connectivity index (χ0v) is 15.2. The lowest BCUT2D eigenvalue weighted by Gasteiger charge is -2.28. The van der Waals surface area contributed by atoms with Crippen LogP contribution in [0.2, 0.25) is 0 Å². The van der Waals surface area contributed by atoms with Crippen LogP contribution in [-0.2, 0) is 14.4 Å². The maximum absolute atomic E-state index is 12.3. The van der Waals surface area contributed by atoms with Crippen LogP contribution in [0.4, 0.5) is 17.5 Å². The summed E-state index contributed by atoms with van der Waals surface area (Å²) in [4.78, 5) is 49.5. The Hall–Kier alpha value is -2.71. The van der Waals surface area contributed by atoms with Gasteiger partial charge in [-0.15, -0.1) is 0 Å². The molecule has 0 bridgehead atoms. The molecule has 0 aliphatic carbocycles. The fourth-order valence-electron chi connectivity index (χ4n) is 3.17. The van der Waals surface area contributed by atoms with Gasteiger partial charge in [-0.1, -0.05) is 0 Å². The van der Waals surface area contributed by atoms with Gasteiger partial charge in [-0.3, -0.25) is 19.3 Å². The summed E-state index contributed by atoms with van der Waals surface area (Å²) in [7, 11) is 3.68. The minimum atomic E-state index is -0.439. The molecule has 0 radical (unpaired) electrons. The molecule has 2 saturated heterocycles. The van der Waals surface area contributed by atoms with Gasteiger partial charge in [0.2, 0.25) is 23.7 Å². The van der Waals surface area contributed by atoms with Crippen LogP contribution in [0, 0.1) is 0 Å². The van der Waals surface area contributed by atoms with Crippen molar-refractivity contribution in [3.05, 3.63) is 6.20 Å². The van der Waals surface area contributed by atoms with Crippen molar-refractivity contribution in [2.24, 2.45) is 0 Å². The van der Waals surface area contributed by atoms with Crippen LogP contribution in [0.1, 0.15) is 32.1 Å². The quantitative estimate of drug-likeness (QED) is 0.769. The highest BCUT2D eigenvalue weighted by Crippen LogP contribution is 2.25. The molecule has 0 unspecified atom stereocenters. The first-order valence-corrected chi connectivity index (χ1v) is 8.88. The number of piperidine rings is 1. The second kappa shape index (κ2) is 7.67. The molecule has 1 aromatic rings. The summed E-state index contributed by atoms with van der Waals surface area (Å²) in [5.74, 6) is 0.180. The van der Waals surface area contributed by atoms with E-state index in [-0.39, 0.29) is 31.2 Å². The average Bonchev–Trinajstić information content (AvgIpc) is 2.94. The van der Waals surface area contributed by atoms with E-state index in [2.05, 4.69) is 20.2 Å². The third-order valence-electron chi connectivity index (χ3n) is 4.55. The second-order valence-corrected chi connectivity index (χ2v) is 6.77. The average molecular weight is 360 g/mol. The van der Waals surface area contributed by atoms with Gasteiger partial charge >= 0.3 is 0 Å². The maximum atomic E-state index is 12.3. The van der Waals surface area contributed by atoms with Crippen molar-refractivity contribution in [1.82, 2.24) is 14.9 Å². The maximum Gasteiger partial charge on any atom is 0.244 e. The van der Waals surface area contributed by atoms with Crippen molar-refractivity contribution >= 4 is 35.2 Å². The van der Waals surface area contributed by atoms with E-state index in [1.807, 2.05) is 14.1 Å². The topological polar surface area (TPSA) is 98.7 Å². The fraction of sp³-hybridized carbons (Fsp3) is 0.588. The Kier molecular flexibility index (Phi) is 5.34. The first-order valence-electron chi connectivity index (χ1n) is 8.88. The molecular weight excluding hydrogens is 336 g/mol. The van der Waals surface area contributed by atoms with Crippen molar-refractivity contribution in [3.8, 4) is 0 Å². The fourth-order valence-corrected chi connectivity index (χ4v) is 3.17. The van der Waals surface area contributed by atoms with E-state index in [0.29, 0.717) is 17.5 Å². The Bertz CT molecular complexity index is 698. The van der Waals surface area contributed by atoms with E-state index in [1.165, 1.54) is 6.42 Å². The summed E-state index contributed by atoms with van der Waals surface area (Å²) in [6.07, 6.45) is 5.39. The summed E-state index contributed by atoms with van der Waals surface area (Å²) < 4.78 is 0. The lowest BCUT2D eigenvalue weighted by atomic mass is 10.1. The van der Waals surface area contributed by atoms with Gasteiger partial charge in [0.05, 0.1) is 6.20 Å².